The van der Waals surface area contributed by atoms with Gasteiger partial charge in [0.25, 0.3) is 0 Å². The summed E-state index contributed by atoms with van der Waals surface area (Å²) >= 11 is 0. The zero-order valence-corrected chi connectivity index (χ0v) is 16.5. The molecule has 29 heavy (non-hydrogen) atoms. The molecule has 7 nitrogen and oxygen atoms in total. The van der Waals surface area contributed by atoms with Gasteiger partial charge in [-0.25, -0.2) is 4.79 Å². The average molecular weight is 398 g/mol. The molecule has 0 unspecified atom stereocenters. The van der Waals surface area contributed by atoms with E-state index >= 15 is 0 Å². The van der Waals surface area contributed by atoms with E-state index in [4.69, 9.17) is 18.6 Å². The van der Waals surface area contributed by atoms with Crippen LogP contribution in [-0.4, -0.2) is 45.6 Å². The van der Waals surface area contributed by atoms with Gasteiger partial charge in [-0.1, -0.05) is 6.07 Å². The van der Waals surface area contributed by atoms with Gasteiger partial charge in [0.15, 0.2) is 17.1 Å². The topological polar surface area (TPSA) is 82.6 Å². The molecule has 7 heteroatoms. The monoisotopic (exact) mass is 398 g/mol. The third kappa shape index (κ3) is 3.79. The van der Waals surface area contributed by atoms with Gasteiger partial charge in [0.1, 0.15) is 25.4 Å². The third-order valence-corrected chi connectivity index (χ3v) is 5.30. The molecule has 2 aromatic carbocycles. The number of methoxy groups -OCH3 is 2. The van der Waals surface area contributed by atoms with Crippen LogP contribution in [-0.2, 0) is 11.3 Å². The first-order chi connectivity index (χ1) is 14.1. The van der Waals surface area contributed by atoms with Gasteiger partial charge in [0.2, 0.25) is 0 Å². The van der Waals surface area contributed by atoms with Gasteiger partial charge in [-0.3, -0.25) is 0 Å². The number of rotatable bonds is 5. The highest BCUT2D eigenvalue weighted by atomic mass is 16.5. The number of nitrogens with one attached hydrogen (secondary N) is 1. The Bertz CT molecular complexity index is 1080. The first kappa shape index (κ1) is 19.3. The number of benzene rings is 2. The minimum atomic E-state index is -0.464. The summed E-state index contributed by atoms with van der Waals surface area (Å²) in [5.41, 5.74) is 1.71. The van der Waals surface area contributed by atoms with Crippen LogP contribution in [0.2, 0.25) is 0 Å². The number of hydrogen-bond donors (Lipinski definition) is 2. The summed E-state index contributed by atoms with van der Waals surface area (Å²) in [5.74, 6) is 1.26. The Hall–Kier alpha value is -3.03. The van der Waals surface area contributed by atoms with Gasteiger partial charge in [0, 0.05) is 5.39 Å². The predicted molar refractivity (Wildman–Crippen MR) is 108 cm³/mol. The molecule has 0 atom stereocenters. The minimum Gasteiger partial charge on any atom is -0.507 e. The average Bonchev–Trinajstić information content (AvgIpc) is 2.76. The van der Waals surface area contributed by atoms with Crippen molar-refractivity contribution in [2.75, 3.05) is 40.5 Å². The van der Waals surface area contributed by atoms with Crippen molar-refractivity contribution in [2.24, 2.45) is 0 Å². The van der Waals surface area contributed by atoms with Crippen LogP contribution >= 0.6 is 0 Å². The number of hydrogen-bond acceptors (Lipinski definition) is 6. The maximum atomic E-state index is 12.8. The second-order valence-electron chi connectivity index (χ2n) is 7.04. The van der Waals surface area contributed by atoms with Crippen LogP contribution in [0.1, 0.15) is 5.56 Å². The van der Waals surface area contributed by atoms with E-state index in [1.807, 2.05) is 0 Å². The Morgan fingerprint density at radius 2 is 1.79 bits per heavy atom. The molecule has 1 aromatic heterocycles. The lowest BCUT2D eigenvalue weighted by molar-refractivity contribution is -0.921. The Kier molecular flexibility index (Phi) is 5.42. The fraction of sp³-hybridized carbons (Fsp3) is 0.318. The first-order valence-corrected chi connectivity index (χ1v) is 9.53. The lowest BCUT2D eigenvalue weighted by Gasteiger charge is -2.24. The molecule has 2 N–H and O–H groups in total. The van der Waals surface area contributed by atoms with E-state index < -0.39 is 5.63 Å². The number of morpholine rings is 1. The first-order valence-electron chi connectivity index (χ1n) is 9.53. The standard InChI is InChI=1S/C22H23NO6/c1-26-19-6-4-14(12-20(19)27-2)16-11-15-3-5-18(24)17(21(15)29-22(16)25)13-23-7-9-28-10-8-23/h3-6,11-12,24H,7-10,13H2,1-2H3/p+1. The maximum absolute atomic E-state index is 12.8. The fourth-order valence-electron chi connectivity index (χ4n) is 3.69. The van der Waals surface area contributed by atoms with E-state index in [1.54, 1.807) is 50.6 Å². The molecule has 0 aliphatic carbocycles. The molecule has 4 rings (SSSR count). The van der Waals surface area contributed by atoms with E-state index in [9.17, 15) is 9.90 Å². The number of phenolic OH excluding ortho intramolecular Hbond substituents is 1. The maximum Gasteiger partial charge on any atom is 0.344 e. The van der Waals surface area contributed by atoms with Gasteiger partial charge >= 0.3 is 5.63 Å². The molecule has 3 aromatic rings. The Morgan fingerprint density at radius 3 is 2.52 bits per heavy atom. The van der Waals surface area contributed by atoms with Crippen LogP contribution in [0.25, 0.3) is 22.1 Å². The highest BCUT2D eigenvalue weighted by Crippen LogP contribution is 2.33. The van der Waals surface area contributed by atoms with Crippen LogP contribution in [0, 0.1) is 0 Å². The van der Waals surface area contributed by atoms with Crippen molar-refractivity contribution in [3.05, 3.63) is 52.4 Å². The van der Waals surface area contributed by atoms with Gasteiger partial charge in [-0.2, -0.15) is 0 Å². The van der Waals surface area contributed by atoms with Crippen LogP contribution < -0.4 is 20.0 Å². The second kappa shape index (κ2) is 8.14. The molecule has 1 aliphatic heterocycles. The van der Waals surface area contributed by atoms with E-state index in [2.05, 4.69) is 0 Å². The van der Waals surface area contributed by atoms with E-state index in [0.717, 1.165) is 18.5 Å². The zero-order chi connectivity index (χ0) is 20.4. The molecular formula is C22H24NO6+. The number of phenols is 1. The van der Waals surface area contributed by atoms with Crippen molar-refractivity contribution in [2.45, 2.75) is 6.54 Å². The third-order valence-electron chi connectivity index (χ3n) is 5.30. The van der Waals surface area contributed by atoms with Crippen molar-refractivity contribution in [1.82, 2.24) is 0 Å². The van der Waals surface area contributed by atoms with Gasteiger partial charge in [-0.05, 0) is 35.9 Å². The smallest absolute Gasteiger partial charge is 0.344 e. The van der Waals surface area contributed by atoms with Crippen LogP contribution in [0.3, 0.4) is 0 Å². The summed E-state index contributed by atoms with van der Waals surface area (Å²) in [6.45, 7) is 3.65. The van der Waals surface area contributed by atoms with Gasteiger partial charge < -0.3 is 28.6 Å². The van der Waals surface area contributed by atoms with Crippen LogP contribution in [0.4, 0.5) is 0 Å². The highest BCUT2D eigenvalue weighted by molar-refractivity contribution is 5.86. The van der Waals surface area contributed by atoms with Crippen molar-refractivity contribution >= 4 is 11.0 Å². The van der Waals surface area contributed by atoms with Crippen LogP contribution in [0.15, 0.2) is 45.6 Å². The van der Waals surface area contributed by atoms with E-state index in [-0.39, 0.29) is 5.75 Å². The Balaban J connectivity index is 1.78. The van der Waals surface area contributed by atoms with E-state index in [1.165, 1.54) is 4.90 Å². The number of fused-ring (bicyclic) bond motifs is 1. The normalized spacial score (nSPS) is 14.8. The minimum absolute atomic E-state index is 0.138. The molecule has 1 fully saturated rings. The zero-order valence-electron chi connectivity index (χ0n) is 16.5. The largest absolute Gasteiger partial charge is 0.507 e. The predicted octanol–water partition coefficient (Wildman–Crippen LogP) is 1.60. The van der Waals surface area contributed by atoms with Crippen molar-refractivity contribution in [3.8, 4) is 28.4 Å². The molecule has 0 amide bonds. The molecular weight excluding hydrogens is 374 g/mol. The SMILES string of the molecule is COc1ccc(-c2cc3ccc(O)c(C[NH+]4CCOCC4)c3oc2=O)cc1OC. The highest BCUT2D eigenvalue weighted by Gasteiger charge is 2.21. The quantitative estimate of drug-likeness (QED) is 0.636. The number of aromatic hydroxyl groups is 1. The molecule has 2 heterocycles. The molecule has 0 spiro atoms. The number of quaternary nitrogens is 1. The van der Waals surface area contributed by atoms with Crippen molar-refractivity contribution < 1.29 is 28.6 Å². The van der Waals surface area contributed by atoms with Crippen molar-refractivity contribution in [1.29, 1.82) is 0 Å². The number of ether oxygens (including phenoxy) is 3. The summed E-state index contributed by atoms with van der Waals surface area (Å²) in [7, 11) is 3.11. The van der Waals surface area contributed by atoms with E-state index in [0.29, 0.717) is 53.5 Å². The molecule has 0 bridgehead atoms. The molecule has 1 aliphatic rings. The van der Waals surface area contributed by atoms with Crippen LogP contribution in [0.5, 0.6) is 17.2 Å². The lowest BCUT2D eigenvalue weighted by atomic mass is 10.0. The molecule has 0 saturated carbocycles. The second-order valence-corrected chi connectivity index (χ2v) is 7.04. The van der Waals surface area contributed by atoms with Gasteiger partial charge in [-0.15, -0.1) is 0 Å². The summed E-state index contributed by atoms with van der Waals surface area (Å²) in [6, 6.07) is 10.5. The summed E-state index contributed by atoms with van der Waals surface area (Å²) in [6.07, 6.45) is 0. The summed E-state index contributed by atoms with van der Waals surface area (Å²) in [4.78, 5) is 14.1. The Morgan fingerprint density at radius 1 is 1.03 bits per heavy atom. The summed E-state index contributed by atoms with van der Waals surface area (Å²) in [5, 5.41) is 11.2. The van der Waals surface area contributed by atoms with Crippen molar-refractivity contribution in [3.63, 3.8) is 0 Å². The molecule has 0 radical (unpaired) electrons. The molecule has 152 valence electrons. The Labute approximate surface area is 168 Å². The van der Waals surface area contributed by atoms with Gasteiger partial charge in [0.05, 0.1) is 38.6 Å². The fourth-order valence-corrected chi connectivity index (χ4v) is 3.69. The summed E-state index contributed by atoms with van der Waals surface area (Å²) < 4.78 is 21.7. The molecule has 1 saturated heterocycles. The lowest BCUT2D eigenvalue weighted by Crippen LogP contribution is -3.12.